The van der Waals surface area contributed by atoms with Gasteiger partial charge >= 0.3 is 0 Å². The molecule has 1 fully saturated rings. The molecule has 0 radical (unpaired) electrons. The minimum absolute atomic E-state index is 0.0294. The van der Waals surface area contributed by atoms with Crippen LogP contribution in [-0.2, 0) is 24.0 Å². The van der Waals surface area contributed by atoms with Crippen molar-refractivity contribution in [2.75, 3.05) is 6.61 Å². The summed E-state index contributed by atoms with van der Waals surface area (Å²) in [6.45, 7) is 4.91. The lowest BCUT2D eigenvalue weighted by atomic mass is 9.91. The van der Waals surface area contributed by atoms with Crippen LogP contribution in [0.5, 0.6) is 11.5 Å². The molecule has 0 N–H and O–H groups in total. The number of fused-ring (bicyclic) bond motifs is 2. The summed E-state index contributed by atoms with van der Waals surface area (Å²) in [7, 11) is 0. The van der Waals surface area contributed by atoms with Crippen LogP contribution in [0.15, 0.2) is 18.2 Å². The van der Waals surface area contributed by atoms with Crippen LogP contribution in [0.2, 0.25) is 0 Å². The Kier molecular flexibility index (Phi) is 6.90. The molecule has 0 amide bonds. The van der Waals surface area contributed by atoms with E-state index in [1.165, 1.54) is 6.42 Å². The maximum atomic E-state index is 14.9. The minimum atomic E-state index is -1.02. The van der Waals surface area contributed by atoms with Gasteiger partial charge in [-0.3, -0.25) is 0 Å². The Morgan fingerprint density at radius 1 is 0.839 bits per heavy atom. The number of aryl methyl sites for hydroxylation is 2. The first kappa shape index (κ1) is 22.2. The van der Waals surface area contributed by atoms with Crippen molar-refractivity contribution in [3.63, 3.8) is 0 Å². The zero-order valence-corrected chi connectivity index (χ0v) is 18.4. The molecule has 2 nitrogen and oxygen atoms in total. The summed E-state index contributed by atoms with van der Waals surface area (Å²) >= 11 is 0. The lowest BCUT2D eigenvalue weighted by molar-refractivity contribution is -0.0216. The van der Waals surface area contributed by atoms with Crippen LogP contribution >= 0.6 is 0 Å². The first-order valence-corrected chi connectivity index (χ1v) is 11.6. The number of benzene rings is 2. The molecule has 0 spiro atoms. The molecule has 2 aromatic rings. The number of ether oxygens (including phenoxy) is 2. The van der Waals surface area contributed by atoms with E-state index in [1.54, 1.807) is 12.1 Å². The minimum Gasteiger partial charge on any atom is -0.450 e. The molecular weight excluding hydrogens is 401 g/mol. The molecule has 0 aromatic heterocycles. The van der Waals surface area contributed by atoms with E-state index < -0.39 is 17.5 Å². The monoisotopic (exact) mass is 432 g/mol. The Morgan fingerprint density at radius 2 is 1.65 bits per heavy atom. The Labute approximate surface area is 182 Å². The quantitative estimate of drug-likeness (QED) is 0.390. The van der Waals surface area contributed by atoms with Gasteiger partial charge in [0.1, 0.15) is 0 Å². The number of rotatable bonds is 7. The van der Waals surface area contributed by atoms with Crippen LogP contribution in [0.4, 0.5) is 13.2 Å². The van der Waals surface area contributed by atoms with Crippen molar-refractivity contribution in [1.29, 1.82) is 0 Å². The molecule has 2 heterocycles. The van der Waals surface area contributed by atoms with Crippen LogP contribution in [0.1, 0.15) is 74.6 Å². The molecule has 2 aromatic carbocycles. The molecule has 2 atom stereocenters. The fourth-order valence-electron chi connectivity index (χ4n) is 4.84. The van der Waals surface area contributed by atoms with Gasteiger partial charge in [-0.15, -0.1) is 0 Å². The average Bonchev–Trinajstić information content (AvgIpc) is 2.78. The van der Waals surface area contributed by atoms with Crippen molar-refractivity contribution < 1.29 is 22.6 Å². The largest absolute Gasteiger partial charge is 0.450 e. The van der Waals surface area contributed by atoms with Gasteiger partial charge in [-0.05, 0) is 61.6 Å². The van der Waals surface area contributed by atoms with Crippen LogP contribution in [0, 0.1) is 23.4 Å². The lowest BCUT2D eigenvalue weighted by Gasteiger charge is -2.29. The van der Waals surface area contributed by atoms with Crippen molar-refractivity contribution in [3.05, 3.63) is 57.9 Å². The van der Waals surface area contributed by atoms with Gasteiger partial charge in [0.05, 0.1) is 6.10 Å². The smallest absolute Gasteiger partial charge is 0.201 e. The fourth-order valence-corrected chi connectivity index (χ4v) is 4.84. The molecule has 0 aliphatic carbocycles. The van der Waals surface area contributed by atoms with Crippen molar-refractivity contribution in [3.8, 4) is 11.5 Å². The summed E-state index contributed by atoms with van der Waals surface area (Å²) in [6.07, 6.45) is 7.32. The van der Waals surface area contributed by atoms with E-state index in [1.807, 2.05) is 13.0 Å². The zero-order valence-electron chi connectivity index (χ0n) is 18.4. The highest BCUT2D eigenvalue weighted by Gasteiger charge is 2.29. The predicted octanol–water partition coefficient (Wildman–Crippen LogP) is 7.28. The molecular formula is C26H31F3O2. The van der Waals surface area contributed by atoms with E-state index in [0.717, 1.165) is 32.3 Å². The summed E-state index contributed by atoms with van der Waals surface area (Å²) < 4.78 is 56.0. The topological polar surface area (TPSA) is 18.5 Å². The van der Waals surface area contributed by atoms with Crippen LogP contribution in [0.25, 0.3) is 0 Å². The molecule has 2 aliphatic heterocycles. The van der Waals surface area contributed by atoms with Crippen molar-refractivity contribution in [2.45, 2.75) is 77.7 Å². The maximum absolute atomic E-state index is 14.9. The van der Waals surface area contributed by atoms with Crippen LogP contribution in [0.3, 0.4) is 0 Å². The Balaban J connectivity index is 1.49. The molecule has 1 saturated heterocycles. The molecule has 2 aliphatic rings. The highest BCUT2D eigenvalue weighted by molar-refractivity contribution is 5.53. The maximum Gasteiger partial charge on any atom is 0.201 e. The Hall–Kier alpha value is -2.01. The van der Waals surface area contributed by atoms with Gasteiger partial charge < -0.3 is 9.47 Å². The average molecular weight is 433 g/mol. The van der Waals surface area contributed by atoms with Gasteiger partial charge in [0.15, 0.2) is 23.1 Å². The van der Waals surface area contributed by atoms with E-state index in [9.17, 15) is 13.2 Å². The van der Waals surface area contributed by atoms with E-state index in [4.69, 9.17) is 9.47 Å². The van der Waals surface area contributed by atoms with E-state index in [2.05, 4.69) is 6.92 Å². The Bertz CT molecular complexity index is 933. The normalized spacial score (nSPS) is 20.2. The third-order valence-corrected chi connectivity index (χ3v) is 6.57. The summed E-state index contributed by atoms with van der Waals surface area (Å²) in [5.74, 6) is -1.92. The third kappa shape index (κ3) is 4.62. The summed E-state index contributed by atoms with van der Waals surface area (Å²) in [5.41, 5.74) is 2.11. The number of halogens is 3. The second-order valence-corrected chi connectivity index (χ2v) is 8.93. The Morgan fingerprint density at radius 3 is 2.35 bits per heavy atom. The predicted molar refractivity (Wildman–Crippen MR) is 115 cm³/mol. The number of hydrogen-bond donors (Lipinski definition) is 0. The lowest BCUT2D eigenvalue weighted by Crippen LogP contribution is -2.26. The van der Waals surface area contributed by atoms with Crippen molar-refractivity contribution >= 4 is 0 Å². The summed E-state index contributed by atoms with van der Waals surface area (Å²) in [5, 5.41) is 0. The SMILES string of the molecule is CCCc1ccc2c(c1F)Oc1c(cc(CCC3CCC(CCC)CO3)c(F)c1F)C2. The second kappa shape index (κ2) is 9.64. The van der Waals surface area contributed by atoms with Crippen LogP contribution in [-0.4, -0.2) is 12.7 Å². The standard InChI is InChI=1S/C26H31F3O2/c1-3-5-16-7-11-21(30-15-16)12-10-18-13-20-14-19-9-8-17(6-4-2)23(28)25(19)31-26(20)24(29)22(18)27/h8-9,13,16,21H,3-7,10-12,14-15H2,1-2H3. The third-order valence-electron chi connectivity index (χ3n) is 6.57. The van der Waals surface area contributed by atoms with Gasteiger partial charge in [-0.25, -0.2) is 8.78 Å². The molecule has 2 unspecified atom stereocenters. The second-order valence-electron chi connectivity index (χ2n) is 8.93. The van der Waals surface area contributed by atoms with Crippen molar-refractivity contribution in [2.24, 2.45) is 5.92 Å². The zero-order chi connectivity index (χ0) is 22.0. The van der Waals surface area contributed by atoms with E-state index in [0.29, 0.717) is 53.9 Å². The van der Waals surface area contributed by atoms with Gasteiger partial charge in [0.2, 0.25) is 5.82 Å². The van der Waals surface area contributed by atoms with Gasteiger partial charge in [0.25, 0.3) is 0 Å². The van der Waals surface area contributed by atoms with Gasteiger partial charge in [-0.1, -0.05) is 38.8 Å². The first-order chi connectivity index (χ1) is 15.0. The molecule has 31 heavy (non-hydrogen) atoms. The highest BCUT2D eigenvalue weighted by atomic mass is 19.2. The first-order valence-electron chi connectivity index (χ1n) is 11.6. The summed E-state index contributed by atoms with van der Waals surface area (Å²) in [4.78, 5) is 0. The summed E-state index contributed by atoms with van der Waals surface area (Å²) in [6, 6.07) is 5.27. The van der Waals surface area contributed by atoms with Crippen LogP contribution < -0.4 is 4.74 Å². The van der Waals surface area contributed by atoms with Gasteiger partial charge in [0, 0.05) is 24.2 Å². The van der Waals surface area contributed by atoms with E-state index in [-0.39, 0.29) is 17.6 Å². The molecule has 168 valence electrons. The van der Waals surface area contributed by atoms with Crippen molar-refractivity contribution in [1.82, 2.24) is 0 Å². The number of hydrogen-bond acceptors (Lipinski definition) is 2. The fraction of sp³-hybridized carbons (Fsp3) is 0.538. The van der Waals surface area contributed by atoms with E-state index >= 15 is 0 Å². The molecule has 0 saturated carbocycles. The van der Waals surface area contributed by atoms with Gasteiger partial charge in [-0.2, -0.15) is 4.39 Å². The highest BCUT2D eigenvalue weighted by Crippen LogP contribution is 2.42. The molecule has 5 heteroatoms. The molecule has 4 rings (SSSR count). The molecule has 0 bridgehead atoms.